The van der Waals surface area contributed by atoms with Crippen molar-refractivity contribution in [1.82, 2.24) is 14.1 Å². The van der Waals surface area contributed by atoms with Crippen LogP contribution in [-0.4, -0.2) is 41.6 Å². The lowest BCUT2D eigenvalue weighted by atomic mass is 10.1. The zero-order chi connectivity index (χ0) is 22.2. The van der Waals surface area contributed by atoms with Crippen LogP contribution < -0.4 is 0 Å². The molecule has 0 N–H and O–H groups in total. The van der Waals surface area contributed by atoms with E-state index in [1.807, 2.05) is 6.92 Å². The highest BCUT2D eigenvalue weighted by atomic mass is 35.5. The van der Waals surface area contributed by atoms with Crippen LogP contribution in [0.3, 0.4) is 0 Å². The minimum atomic E-state index is -3.71. The maximum atomic E-state index is 13.2. The quantitative estimate of drug-likeness (QED) is 0.542. The number of aryl methyl sites for hydroxylation is 1. The molecule has 0 unspecified atom stereocenters. The summed E-state index contributed by atoms with van der Waals surface area (Å²) in [6, 6.07) is 13.8. The molecule has 31 heavy (non-hydrogen) atoms. The van der Waals surface area contributed by atoms with Crippen LogP contribution in [0.4, 0.5) is 0 Å². The van der Waals surface area contributed by atoms with Gasteiger partial charge in [0.05, 0.1) is 22.9 Å². The van der Waals surface area contributed by atoms with Crippen molar-refractivity contribution < 1.29 is 17.9 Å². The van der Waals surface area contributed by atoms with E-state index in [9.17, 15) is 13.2 Å². The van der Waals surface area contributed by atoms with Gasteiger partial charge in [0.15, 0.2) is 5.69 Å². The molecule has 162 valence electrons. The largest absolute Gasteiger partial charge is 0.461 e. The number of fused-ring (bicyclic) bond motifs is 1. The first-order valence-electron chi connectivity index (χ1n) is 9.92. The standard InChI is InChI=1S/C22H22ClN3O4S/c1-3-30-22(27)21-19-14-25(31(28,29)18-10-4-15(2)5-11-18)13-12-20(19)26(24-21)17-8-6-16(23)7-9-17/h4-11H,3,12-14H2,1-2H3. The summed E-state index contributed by atoms with van der Waals surface area (Å²) in [6.07, 6.45) is 0.412. The molecular weight excluding hydrogens is 438 g/mol. The molecule has 0 amide bonds. The molecule has 0 aliphatic carbocycles. The molecule has 2 aromatic carbocycles. The fourth-order valence-corrected chi connectivity index (χ4v) is 5.15. The topological polar surface area (TPSA) is 81.5 Å². The van der Waals surface area contributed by atoms with Gasteiger partial charge in [0.1, 0.15) is 0 Å². The summed E-state index contributed by atoms with van der Waals surface area (Å²) in [5, 5.41) is 5.08. The van der Waals surface area contributed by atoms with Gasteiger partial charge in [-0.3, -0.25) is 0 Å². The van der Waals surface area contributed by atoms with Crippen LogP contribution in [0.5, 0.6) is 0 Å². The maximum Gasteiger partial charge on any atom is 0.359 e. The summed E-state index contributed by atoms with van der Waals surface area (Å²) in [5.41, 5.74) is 3.21. The number of esters is 1. The van der Waals surface area contributed by atoms with Crippen molar-refractivity contribution >= 4 is 27.6 Å². The van der Waals surface area contributed by atoms with Crippen molar-refractivity contribution in [2.45, 2.75) is 31.7 Å². The number of nitrogens with zero attached hydrogens (tertiary/aromatic N) is 3. The normalized spacial score (nSPS) is 14.3. The maximum absolute atomic E-state index is 13.2. The fourth-order valence-electron chi connectivity index (χ4n) is 3.62. The Labute approximate surface area is 186 Å². The van der Waals surface area contributed by atoms with Crippen LogP contribution in [0.2, 0.25) is 5.02 Å². The molecule has 1 aromatic heterocycles. The van der Waals surface area contributed by atoms with Gasteiger partial charge in [0.2, 0.25) is 10.0 Å². The van der Waals surface area contributed by atoms with Crippen LogP contribution in [0.25, 0.3) is 5.69 Å². The highest BCUT2D eigenvalue weighted by molar-refractivity contribution is 7.89. The summed E-state index contributed by atoms with van der Waals surface area (Å²) in [4.78, 5) is 12.8. The van der Waals surface area contributed by atoms with Crippen LogP contribution >= 0.6 is 11.6 Å². The Morgan fingerprint density at radius 2 is 1.81 bits per heavy atom. The number of aromatic nitrogens is 2. The van der Waals surface area contributed by atoms with E-state index in [1.165, 1.54) is 4.31 Å². The van der Waals surface area contributed by atoms with E-state index >= 15 is 0 Å². The monoisotopic (exact) mass is 459 g/mol. The number of halogens is 1. The van der Waals surface area contributed by atoms with E-state index in [4.69, 9.17) is 16.3 Å². The molecule has 0 saturated heterocycles. The van der Waals surface area contributed by atoms with E-state index in [0.29, 0.717) is 17.0 Å². The first-order valence-corrected chi connectivity index (χ1v) is 11.7. The Balaban J connectivity index is 1.76. The first kappa shape index (κ1) is 21.5. The molecule has 1 aliphatic heterocycles. The summed E-state index contributed by atoms with van der Waals surface area (Å²) in [5.74, 6) is -0.568. The average Bonchev–Trinajstić information content (AvgIpc) is 3.14. The molecule has 0 fully saturated rings. The SMILES string of the molecule is CCOC(=O)c1nn(-c2ccc(Cl)cc2)c2c1CN(S(=O)(=O)c1ccc(C)cc1)CC2. The van der Waals surface area contributed by atoms with E-state index in [0.717, 1.165) is 16.9 Å². The summed E-state index contributed by atoms with van der Waals surface area (Å²) >= 11 is 6.00. The van der Waals surface area contributed by atoms with Crippen LogP contribution in [-0.2, 0) is 27.7 Å². The van der Waals surface area contributed by atoms with Gasteiger partial charge in [-0.15, -0.1) is 0 Å². The predicted molar refractivity (Wildman–Crippen MR) is 117 cm³/mol. The van der Waals surface area contributed by atoms with Crippen molar-refractivity contribution in [1.29, 1.82) is 0 Å². The van der Waals surface area contributed by atoms with Gasteiger partial charge in [0.25, 0.3) is 0 Å². The van der Waals surface area contributed by atoms with Gasteiger partial charge in [-0.2, -0.15) is 9.40 Å². The van der Waals surface area contributed by atoms with E-state index < -0.39 is 16.0 Å². The molecule has 7 nitrogen and oxygen atoms in total. The number of hydrogen-bond donors (Lipinski definition) is 0. The highest BCUT2D eigenvalue weighted by Crippen LogP contribution is 2.30. The number of carbonyl (C=O) groups is 1. The second kappa shape index (κ2) is 8.45. The molecule has 0 radical (unpaired) electrons. The number of carbonyl (C=O) groups excluding carboxylic acids is 1. The van der Waals surface area contributed by atoms with Gasteiger partial charge in [-0.25, -0.2) is 17.9 Å². The molecule has 9 heteroatoms. The molecule has 0 bridgehead atoms. The molecule has 4 rings (SSSR count). The van der Waals surface area contributed by atoms with Gasteiger partial charge in [-0.1, -0.05) is 29.3 Å². The number of ether oxygens (including phenoxy) is 1. The Hall–Kier alpha value is -2.68. The molecular formula is C22H22ClN3O4S. The Morgan fingerprint density at radius 1 is 1.13 bits per heavy atom. The third-order valence-electron chi connectivity index (χ3n) is 5.22. The third-order valence-corrected chi connectivity index (χ3v) is 7.33. The number of rotatable bonds is 5. The lowest BCUT2D eigenvalue weighted by molar-refractivity contribution is 0.0517. The first-order chi connectivity index (χ1) is 14.8. The average molecular weight is 460 g/mol. The van der Waals surface area contributed by atoms with Crippen LogP contribution in [0.15, 0.2) is 53.4 Å². The zero-order valence-electron chi connectivity index (χ0n) is 17.2. The van der Waals surface area contributed by atoms with Gasteiger partial charge in [0, 0.05) is 30.1 Å². The van der Waals surface area contributed by atoms with Gasteiger partial charge < -0.3 is 4.74 Å². The van der Waals surface area contributed by atoms with Crippen molar-refractivity contribution in [3.8, 4) is 5.69 Å². The van der Waals surface area contributed by atoms with Gasteiger partial charge >= 0.3 is 5.97 Å². The van der Waals surface area contributed by atoms with Crippen molar-refractivity contribution in [3.05, 3.63) is 76.1 Å². The summed E-state index contributed by atoms with van der Waals surface area (Å²) < 4.78 is 34.6. The minimum Gasteiger partial charge on any atom is -0.461 e. The second-order valence-electron chi connectivity index (χ2n) is 7.28. The Kier molecular flexibility index (Phi) is 5.88. The molecule has 0 saturated carbocycles. The molecule has 0 spiro atoms. The van der Waals surface area contributed by atoms with Crippen molar-refractivity contribution in [2.75, 3.05) is 13.2 Å². The lowest BCUT2D eigenvalue weighted by Crippen LogP contribution is -2.36. The predicted octanol–water partition coefficient (Wildman–Crippen LogP) is 3.76. The molecule has 0 atom stereocenters. The molecule has 3 aromatic rings. The second-order valence-corrected chi connectivity index (χ2v) is 9.66. The third kappa shape index (κ3) is 4.11. The molecule has 1 aliphatic rings. The van der Waals surface area contributed by atoms with Crippen molar-refractivity contribution in [2.24, 2.45) is 0 Å². The number of benzene rings is 2. The summed E-state index contributed by atoms with van der Waals surface area (Å²) in [6.45, 7) is 4.15. The Bertz CT molecular complexity index is 1220. The highest BCUT2D eigenvalue weighted by Gasteiger charge is 2.34. The number of sulfonamides is 1. The number of hydrogen-bond acceptors (Lipinski definition) is 5. The van der Waals surface area contributed by atoms with Crippen LogP contribution in [0.1, 0.15) is 34.2 Å². The zero-order valence-corrected chi connectivity index (χ0v) is 18.8. The van der Waals surface area contributed by atoms with E-state index in [1.54, 1.807) is 60.1 Å². The lowest BCUT2D eigenvalue weighted by Gasteiger charge is -2.27. The van der Waals surface area contributed by atoms with Crippen LogP contribution in [0, 0.1) is 6.92 Å². The van der Waals surface area contributed by atoms with Gasteiger partial charge in [-0.05, 0) is 50.2 Å². The summed E-state index contributed by atoms with van der Waals surface area (Å²) in [7, 11) is -3.71. The fraction of sp³-hybridized carbons (Fsp3) is 0.273. The minimum absolute atomic E-state index is 0.0489. The molecule has 2 heterocycles. The van der Waals surface area contributed by atoms with E-state index in [-0.39, 0.29) is 30.3 Å². The smallest absolute Gasteiger partial charge is 0.359 e. The van der Waals surface area contributed by atoms with Crippen molar-refractivity contribution in [3.63, 3.8) is 0 Å². The Morgan fingerprint density at radius 3 is 2.45 bits per heavy atom. The van der Waals surface area contributed by atoms with E-state index in [2.05, 4.69) is 5.10 Å².